The Hall–Kier alpha value is -2.68. The molecule has 0 spiro atoms. The van der Waals surface area contributed by atoms with Crippen molar-refractivity contribution < 1.29 is 4.39 Å². The summed E-state index contributed by atoms with van der Waals surface area (Å²) in [5, 5.41) is 9.18. The zero-order chi connectivity index (χ0) is 15.5. The Kier molecular flexibility index (Phi) is 3.88. The van der Waals surface area contributed by atoms with Gasteiger partial charge in [-0.05, 0) is 30.7 Å². The molecule has 5 nitrogen and oxygen atoms in total. The van der Waals surface area contributed by atoms with E-state index in [2.05, 4.69) is 25.8 Å². The second kappa shape index (κ2) is 5.98. The molecule has 1 aliphatic rings. The number of nitriles is 1. The van der Waals surface area contributed by atoms with Gasteiger partial charge in [-0.1, -0.05) is 0 Å². The number of aromatic nitrogens is 2. The van der Waals surface area contributed by atoms with Crippen LogP contribution in [0.1, 0.15) is 12.0 Å². The molecule has 1 aliphatic heterocycles. The second-order valence-corrected chi connectivity index (χ2v) is 5.32. The molecule has 0 aliphatic carbocycles. The topological polar surface area (TPSA) is 56.1 Å². The van der Waals surface area contributed by atoms with E-state index in [1.165, 1.54) is 12.1 Å². The van der Waals surface area contributed by atoms with Crippen molar-refractivity contribution in [1.29, 1.82) is 5.26 Å². The lowest BCUT2D eigenvalue weighted by Crippen LogP contribution is -2.35. The van der Waals surface area contributed by atoms with Gasteiger partial charge in [0, 0.05) is 32.5 Å². The lowest BCUT2D eigenvalue weighted by molar-refractivity contribution is 0.627. The Morgan fingerprint density at radius 1 is 1.36 bits per heavy atom. The molecule has 2 aromatic rings. The number of anilines is 2. The van der Waals surface area contributed by atoms with E-state index in [0.717, 1.165) is 25.2 Å². The predicted molar refractivity (Wildman–Crippen MR) is 82.2 cm³/mol. The molecule has 112 valence electrons. The smallest absolute Gasteiger partial charge is 0.225 e. The van der Waals surface area contributed by atoms with E-state index in [-0.39, 0.29) is 11.9 Å². The van der Waals surface area contributed by atoms with E-state index in [0.29, 0.717) is 11.5 Å². The fourth-order valence-corrected chi connectivity index (χ4v) is 2.79. The highest BCUT2D eigenvalue weighted by atomic mass is 19.1. The average molecular weight is 297 g/mol. The molecule has 3 rings (SSSR count). The van der Waals surface area contributed by atoms with Gasteiger partial charge in [0.2, 0.25) is 5.95 Å². The Morgan fingerprint density at radius 2 is 2.14 bits per heavy atom. The summed E-state index contributed by atoms with van der Waals surface area (Å²) >= 11 is 0. The maximum absolute atomic E-state index is 13.3. The SMILES string of the molecule is CN(c1ncccn1)C1CCN(c2ccc(F)cc2C#N)C1. The molecule has 1 unspecified atom stereocenters. The van der Waals surface area contributed by atoms with Crippen molar-refractivity contribution >= 4 is 11.6 Å². The van der Waals surface area contributed by atoms with Crippen molar-refractivity contribution in [2.75, 3.05) is 29.9 Å². The molecular formula is C16H16FN5. The molecule has 0 N–H and O–H groups in total. The number of nitrogens with zero attached hydrogens (tertiary/aromatic N) is 5. The third-order valence-electron chi connectivity index (χ3n) is 4.00. The number of hydrogen-bond acceptors (Lipinski definition) is 5. The molecule has 1 saturated heterocycles. The van der Waals surface area contributed by atoms with E-state index in [4.69, 9.17) is 0 Å². The molecule has 1 atom stereocenters. The van der Waals surface area contributed by atoms with Crippen LogP contribution in [0.3, 0.4) is 0 Å². The van der Waals surface area contributed by atoms with E-state index in [9.17, 15) is 9.65 Å². The molecule has 2 heterocycles. The van der Waals surface area contributed by atoms with Gasteiger partial charge >= 0.3 is 0 Å². The highest BCUT2D eigenvalue weighted by Crippen LogP contribution is 2.27. The van der Waals surface area contributed by atoms with Crippen molar-refractivity contribution in [3.63, 3.8) is 0 Å². The summed E-state index contributed by atoms with van der Waals surface area (Å²) in [5.41, 5.74) is 1.16. The first-order chi connectivity index (χ1) is 10.7. The number of likely N-dealkylation sites (N-methyl/N-ethyl adjacent to an activating group) is 1. The molecule has 1 aromatic carbocycles. The van der Waals surface area contributed by atoms with Crippen LogP contribution in [-0.2, 0) is 0 Å². The minimum atomic E-state index is -0.383. The summed E-state index contributed by atoms with van der Waals surface area (Å²) in [6, 6.07) is 8.48. The van der Waals surface area contributed by atoms with Gasteiger partial charge in [0.15, 0.2) is 0 Å². The number of hydrogen-bond donors (Lipinski definition) is 0. The van der Waals surface area contributed by atoms with Crippen LogP contribution in [0.2, 0.25) is 0 Å². The standard InChI is InChI=1S/C16H16FN5/c1-21(16-19-6-2-7-20-16)14-5-8-22(11-14)15-4-3-13(17)9-12(15)10-18/h2-4,6-7,9,14H,5,8,11H2,1H3. The van der Waals surface area contributed by atoms with Gasteiger partial charge in [0.1, 0.15) is 11.9 Å². The molecule has 22 heavy (non-hydrogen) atoms. The van der Waals surface area contributed by atoms with Crippen LogP contribution in [0.5, 0.6) is 0 Å². The van der Waals surface area contributed by atoms with Crippen molar-refractivity contribution in [1.82, 2.24) is 9.97 Å². The third-order valence-corrected chi connectivity index (χ3v) is 4.00. The van der Waals surface area contributed by atoms with Crippen LogP contribution >= 0.6 is 0 Å². The maximum atomic E-state index is 13.3. The van der Waals surface area contributed by atoms with Crippen LogP contribution in [0.4, 0.5) is 16.0 Å². The van der Waals surface area contributed by atoms with Gasteiger partial charge in [0.05, 0.1) is 17.3 Å². The summed E-state index contributed by atoms with van der Waals surface area (Å²) in [6.07, 6.45) is 4.38. The summed E-state index contributed by atoms with van der Waals surface area (Å²) in [5.74, 6) is 0.305. The van der Waals surface area contributed by atoms with Gasteiger partial charge in [-0.15, -0.1) is 0 Å². The van der Waals surface area contributed by atoms with Crippen molar-refractivity contribution in [2.24, 2.45) is 0 Å². The molecule has 1 fully saturated rings. The Morgan fingerprint density at radius 3 is 2.86 bits per heavy atom. The fraction of sp³-hybridized carbons (Fsp3) is 0.312. The fourth-order valence-electron chi connectivity index (χ4n) is 2.79. The first-order valence-electron chi connectivity index (χ1n) is 7.13. The van der Waals surface area contributed by atoms with Crippen LogP contribution in [-0.4, -0.2) is 36.1 Å². The van der Waals surface area contributed by atoms with Crippen LogP contribution in [0.15, 0.2) is 36.7 Å². The average Bonchev–Trinajstić information content (AvgIpc) is 3.04. The molecular weight excluding hydrogens is 281 g/mol. The first kappa shape index (κ1) is 14.3. The summed E-state index contributed by atoms with van der Waals surface area (Å²) in [6.45, 7) is 1.58. The number of rotatable bonds is 3. The van der Waals surface area contributed by atoms with Gasteiger partial charge in [-0.2, -0.15) is 5.26 Å². The number of halogens is 1. The van der Waals surface area contributed by atoms with Crippen LogP contribution in [0, 0.1) is 17.1 Å². The van der Waals surface area contributed by atoms with Gasteiger partial charge in [-0.3, -0.25) is 0 Å². The molecule has 6 heteroatoms. The highest BCUT2D eigenvalue weighted by Gasteiger charge is 2.28. The lowest BCUT2D eigenvalue weighted by Gasteiger charge is -2.25. The molecule has 0 radical (unpaired) electrons. The first-order valence-corrected chi connectivity index (χ1v) is 7.13. The monoisotopic (exact) mass is 297 g/mol. The highest BCUT2D eigenvalue weighted by molar-refractivity contribution is 5.60. The maximum Gasteiger partial charge on any atom is 0.225 e. The second-order valence-electron chi connectivity index (χ2n) is 5.32. The zero-order valence-corrected chi connectivity index (χ0v) is 12.3. The van der Waals surface area contributed by atoms with Crippen molar-refractivity contribution in [3.05, 3.63) is 48.0 Å². The molecule has 0 amide bonds. The number of benzene rings is 1. The minimum absolute atomic E-state index is 0.263. The lowest BCUT2D eigenvalue weighted by atomic mass is 10.1. The molecule has 0 saturated carbocycles. The predicted octanol–water partition coefficient (Wildman–Crippen LogP) is 2.20. The van der Waals surface area contributed by atoms with Gasteiger partial charge in [-0.25, -0.2) is 14.4 Å². The minimum Gasteiger partial charge on any atom is -0.368 e. The van der Waals surface area contributed by atoms with Crippen molar-refractivity contribution in [2.45, 2.75) is 12.5 Å². The Labute approximate surface area is 128 Å². The quantitative estimate of drug-likeness (QED) is 0.869. The largest absolute Gasteiger partial charge is 0.368 e. The summed E-state index contributed by atoms with van der Waals surface area (Å²) in [4.78, 5) is 12.7. The third kappa shape index (κ3) is 2.70. The Balaban J connectivity index is 1.77. The van der Waals surface area contributed by atoms with E-state index in [1.807, 2.05) is 7.05 Å². The van der Waals surface area contributed by atoms with Crippen LogP contribution in [0.25, 0.3) is 0 Å². The zero-order valence-electron chi connectivity index (χ0n) is 12.3. The van der Waals surface area contributed by atoms with Gasteiger partial charge in [0.25, 0.3) is 0 Å². The van der Waals surface area contributed by atoms with Crippen LogP contribution < -0.4 is 9.80 Å². The van der Waals surface area contributed by atoms with E-state index < -0.39 is 0 Å². The van der Waals surface area contributed by atoms with E-state index >= 15 is 0 Å². The Bertz CT molecular complexity index is 697. The molecule has 0 bridgehead atoms. The normalized spacial score (nSPS) is 17.3. The molecule has 1 aromatic heterocycles. The van der Waals surface area contributed by atoms with E-state index in [1.54, 1.807) is 24.5 Å². The summed E-state index contributed by atoms with van der Waals surface area (Å²) < 4.78 is 13.3. The van der Waals surface area contributed by atoms with Crippen molar-refractivity contribution in [3.8, 4) is 6.07 Å². The summed E-state index contributed by atoms with van der Waals surface area (Å²) in [7, 11) is 1.97. The van der Waals surface area contributed by atoms with Gasteiger partial charge < -0.3 is 9.80 Å².